The fraction of sp³-hybridized carbons (Fsp3) is 0.667. The van der Waals surface area contributed by atoms with Crippen LogP contribution in [-0.2, 0) is 9.47 Å². The molecule has 0 aromatic carbocycles. The van der Waals surface area contributed by atoms with E-state index in [0.29, 0.717) is 0 Å². The lowest BCUT2D eigenvalue weighted by Gasteiger charge is -1.98. The SMILES string of the molecule is CO/[C]=C\C(C)OC. The maximum Gasteiger partial charge on any atom is 0.159 e. The Morgan fingerprint density at radius 3 is 2.50 bits per heavy atom. The molecule has 1 atom stereocenters. The molecule has 1 unspecified atom stereocenters. The summed E-state index contributed by atoms with van der Waals surface area (Å²) in [7, 11) is 3.19. The van der Waals surface area contributed by atoms with Gasteiger partial charge >= 0.3 is 0 Å². The summed E-state index contributed by atoms with van der Waals surface area (Å²) < 4.78 is 9.38. The number of hydrogen-bond acceptors (Lipinski definition) is 2. The fourth-order valence-corrected chi connectivity index (χ4v) is 0.232. The quantitative estimate of drug-likeness (QED) is 0.510. The Morgan fingerprint density at radius 1 is 1.50 bits per heavy atom. The van der Waals surface area contributed by atoms with Crippen LogP contribution in [0.2, 0.25) is 0 Å². The van der Waals surface area contributed by atoms with Gasteiger partial charge in [0.05, 0.1) is 13.2 Å². The molecule has 0 N–H and O–H groups in total. The molecule has 0 spiro atoms. The standard InChI is InChI=1S/C6H11O2/c1-6(8-3)4-5-7-2/h4,6H,1-3H3. The summed E-state index contributed by atoms with van der Waals surface area (Å²) in [4.78, 5) is 0. The van der Waals surface area contributed by atoms with E-state index in [-0.39, 0.29) is 6.10 Å². The van der Waals surface area contributed by atoms with E-state index in [1.165, 1.54) is 0 Å². The Kier molecular flexibility index (Phi) is 4.36. The average Bonchev–Trinajstić information content (AvgIpc) is 1.83. The molecule has 1 radical (unpaired) electrons. The number of methoxy groups -OCH3 is 2. The van der Waals surface area contributed by atoms with E-state index >= 15 is 0 Å². The first-order valence-corrected chi connectivity index (χ1v) is 2.46. The van der Waals surface area contributed by atoms with Crippen molar-refractivity contribution < 1.29 is 9.47 Å². The van der Waals surface area contributed by atoms with Crippen LogP contribution in [0.5, 0.6) is 0 Å². The highest BCUT2D eigenvalue weighted by atomic mass is 16.5. The normalized spacial score (nSPS) is 14.4. The molecule has 0 saturated heterocycles. The van der Waals surface area contributed by atoms with Gasteiger partial charge in [-0.25, -0.2) is 0 Å². The lowest BCUT2D eigenvalue weighted by Crippen LogP contribution is -1.98. The molecule has 0 aliphatic carbocycles. The van der Waals surface area contributed by atoms with Gasteiger partial charge in [0, 0.05) is 7.11 Å². The van der Waals surface area contributed by atoms with Crippen molar-refractivity contribution in [2.45, 2.75) is 13.0 Å². The molecule has 0 saturated carbocycles. The summed E-state index contributed by atoms with van der Waals surface area (Å²) in [6.07, 6.45) is 4.35. The van der Waals surface area contributed by atoms with Gasteiger partial charge in [-0.1, -0.05) is 0 Å². The number of rotatable bonds is 3. The number of ether oxygens (including phenoxy) is 2. The van der Waals surface area contributed by atoms with Crippen molar-refractivity contribution in [3.63, 3.8) is 0 Å². The Balaban J connectivity index is 3.21. The van der Waals surface area contributed by atoms with Gasteiger partial charge in [0.15, 0.2) is 6.26 Å². The molecule has 0 amide bonds. The summed E-state index contributed by atoms with van der Waals surface area (Å²) in [6.45, 7) is 1.91. The van der Waals surface area contributed by atoms with Gasteiger partial charge in [0.25, 0.3) is 0 Å². The minimum Gasteiger partial charge on any atom is -0.493 e. The first kappa shape index (κ1) is 7.50. The lowest BCUT2D eigenvalue weighted by molar-refractivity contribution is 0.151. The zero-order chi connectivity index (χ0) is 6.41. The highest BCUT2D eigenvalue weighted by Gasteiger charge is 1.88. The van der Waals surface area contributed by atoms with Crippen LogP contribution in [0.4, 0.5) is 0 Å². The third kappa shape index (κ3) is 3.68. The van der Waals surface area contributed by atoms with E-state index in [0.717, 1.165) is 0 Å². The summed E-state index contributed by atoms with van der Waals surface area (Å²) >= 11 is 0. The second-order valence-electron chi connectivity index (χ2n) is 1.43. The van der Waals surface area contributed by atoms with Crippen LogP contribution in [0.3, 0.4) is 0 Å². The minimum absolute atomic E-state index is 0.0925. The third-order valence-corrected chi connectivity index (χ3v) is 0.792. The number of hydrogen-bond donors (Lipinski definition) is 0. The minimum atomic E-state index is 0.0925. The molecule has 0 aliphatic rings. The molecule has 0 bridgehead atoms. The Labute approximate surface area is 50.1 Å². The maximum atomic E-state index is 4.85. The van der Waals surface area contributed by atoms with Gasteiger partial charge in [0.2, 0.25) is 0 Å². The summed E-state index contributed by atoms with van der Waals surface area (Å²) in [5.74, 6) is 0. The van der Waals surface area contributed by atoms with E-state index < -0.39 is 0 Å². The summed E-state index contributed by atoms with van der Waals surface area (Å²) in [5, 5.41) is 0. The first-order chi connectivity index (χ1) is 3.81. The van der Waals surface area contributed by atoms with Crippen molar-refractivity contribution >= 4 is 0 Å². The molecule has 8 heavy (non-hydrogen) atoms. The predicted octanol–water partition coefficient (Wildman–Crippen LogP) is 0.985. The van der Waals surface area contributed by atoms with Crippen LogP contribution in [-0.4, -0.2) is 20.3 Å². The molecule has 0 heterocycles. The second kappa shape index (κ2) is 4.65. The van der Waals surface area contributed by atoms with Crippen molar-refractivity contribution in [1.29, 1.82) is 0 Å². The van der Waals surface area contributed by atoms with Crippen molar-refractivity contribution in [3.8, 4) is 0 Å². The van der Waals surface area contributed by atoms with Crippen molar-refractivity contribution in [1.82, 2.24) is 0 Å². The average molecular weight is 115 g/mol. The first-order valence-electron chi connectivity index (χ1n) is 2.46. The van der Waals surface area contributed by atoms with Crippen LogP contribution in [0.25, 0.3) is 0 Å². The van der Waals surface area contributed by atoms with Crippen molar-refractivity contribution in [3.05, 3.63) is 12.3 Å². The van der Waals surface area contributed by atoms with E-state index in [1.54, 1.807) is 20.3 Å². The molecular formula is C6H11O2. The smallest absolute Gasteiger partial charge is 0.159 e. The lowest BCUT2D eigenvalue weighted by atomic mass is 10.4. The van der Waals surface area contributed by atoms with Gasteiger partial charge in [-0.05, 0) is 13.0 Å². The van der Waals surface area contributed by atoms with Crippen LogP contribution in [0.1, 0.15) is 6.92 Å². The van der Waals surface area contributed by atoms with Crippen LogP contribution in [0.15, 0.2) is 6.08 Å². The Morgan fingerprint density at radius 2 is 2.12 bits per heavy atom. The van der Waals surface area contributed by atoms with Gasteiger partial charge in [-0.15, -0.1) is 0 Å². The van der Waals surface area contributed by atoms with Crippen LogP contribution in [0, 0.1) is 6.26 Å². The maximum absolute atomic E-state index is 4.85. The molecule has 0 rings (SSSR count). The monoisotopic (exact) mass is 115 g/mol. The largest absolute Gasteiger partial charge is 0.493 e. The Hall–Kier alpha value is -0.500. The van der Waals surface area contributed by atoms with E-state index in [9.17, 15) is 0 Å². The fourth-order valence-electron chi connectivity index (χ4n) is 0.232. The van der Waals surface area contributed by atoms with E-state index in [1.807, 2.05) is 6.92 Å². The van der Waals surface area contributed by atoms with Crippen LogP contribution < -0.4 is 0 Å². The summed E-state index contributed by atoms with van der Waals surface area (Å²) in [5.41, 5.74) is 0. The van der Waals surface area contributed by atoms with Crippen molar-refractivity contribution in [2.75, 3.05) is 14.2 Å². The highest BCUT2D eigenvalue weighted by Crippen LogP contribution is 1.87. The molecular weight excluding hydrogens is 104 g/mol. The van der Waals surface area contributed by atoms with Gasteiger partial charge in [-0.3, -0.25) is 0 Å². The van der Waals surface area contributed by atoms with Crippen molar-refractivity contribution in [2.24, 2.45) is 0 Å². The molecule has 2 heteroatoms. The zero-order valence-electron chi connectivity index (χ0n) is 5.47. The molecule has 2 nitrogen and oxygen atoms in total. The third-order valence-electron chi connectivity index (χ3n) is 0.792. The van der Waals surface area contributed by atoms with Gasteiger partial charge in [0.1, 0.15) is 0 Å². The van der Waals surface area contributed by atoms with Crippen LogP contribution >= 0.6 is 0 Å². The molecule has 0 aromatic rings. The zero-order valence-corrected chi connectivity index (χ0v) is 5.47. The van der Waals surface area contributed by atoms with E-state index in [2.05, 4.69) is 11.0 Å². The molecule has 0 aromatic heterocycles. The Bertz CT molecular complexity index is 68.9. The molecule has 0 aliphatic heterocycles. The predicted molar refractivity (Wildman–Crippen MR) is 31.3 cm³/mol. The second-order valence-corrected chi connectivity index (χ2v) is 1.43. The highest BCUT2D eigenvalue weighted by molar-refractivity contribution is 4.74. The van der Waals surface area contributed by atoms with E-state index in [4.69, 9.17) is 4.74 Å². The van der Waals surface area contributed by atoms with Gasteiger partial charge < -0.3 is 9.47 Å². The summed E-state index contributed by atoms with van der Waals surface area (Å²) in [6, 6.07) is 0. The van der Waals surface area contributed by atoms with Gasteiger partial charge in [-0.2, -0.15) is 0 Å². The topological polar surface area (TPSA) is 18.5 Å². The molecule has 0 fully saturated rings. The molecule has 47 valence electrons.